The molecule has 1 aromatic rings. The normalized spacial score (nSPS) is 10.0. The zero-order valence-electron chi connectivity index (χ0n) is 11.6. The molecule has 0 radical (unpaired) electrons. The number of ether oxygens (including phenoxy) is 1. The van der Waals surface area contributed by atoms with E-state index in [-0.39, 0.29) is 0 Å². The van der Waals surface area contributed by atoms with Crippen LogP contribution in [-0.2, 0) is 0 Å². The van der Waals surface area contributed by atoms with Gasteiger partial charge in [0.1, 0.15) is 12.4 Å². The van der Waals surface area contributed by atoms with Crippen LogP contribution in [0.2, 0.25) is 0 Å². The van der Waals surface area contributed by atoms with Gasteiger partial charge in [0, 0.05) is 6.54 Å². The smallest absolute Gasteiger partial charge is 0.166 e. The van der Waals surface area contributed by atoms with Crippen molar-refractivity contribution in [2.75, 3.05) is 31.7 Å². The van der Waals surface area contributed by atoms with Gasteiger partial charge in [-0.05, 0) is 49.7 Å². The first-order valence-corrected chi connectivity index (χ1v) is 8.22. The molecule has 0 aliphatic heterocycles. The molecule has 19 heavy (non-hydrogen) atoms. The van der Waals surface area contributed by atoms with E-state index in [1.807, 2.05) is 36.0 Å². The topological polar surface area (TPSA) is 33.3 Å². The quantitative estimate of drug-likeness (QED) is 0.569. The molecule has 0 bridgehead atoms. The van der Waals surface area contributed by atoms with E-state index in [9.17, 15) is 0 Å². The van der Waals surface area contributed by atoms with Crippen LogP contribution in [0.4, 0.5) is 0 Å². The fourth-order valence-corrected chi connectivity index (χ4v) is 2.09. The monoisotopic (exact) mass is 298 g/mol. The van der Waals surface area contributed by atoms with Crippen molar-refractivity contribution in [1.82, 2.24) is 10.6 Å². The van der Waals surface area contributed by atoms with Crippen LogP contribution in [0.15, 0.2) is 24.3 Å². The molecule has 1 aromatic carbocycles. The molecule has 1 rings (SSSR count). The van der Waals surface area contributed by atoms with Gasteiger partial charge >= 0.3 is 0 Å². The Morgan fingerprint density at radius 1 is 1.21 bits per heavy atom. The minimum Gasteiger partial charge on any atom is -0.492 e. The molecule has 106 valence electrons. The number of thiocarbonyl (C=S) groups is 1. The van der Waals surface area contributed by atoms with Crippen molar-refractivity contribution in [1.29, 1.82) is 0 Å². The Bertz CT molecular complexity index is 368. The van der Waals surface area contributed by atoms with Crippen LogP contribution in [-0.4, -0.2) is 36.8 Å². The molecule has 0 atom stereocenters. The fraction of sp³-hybridized carbons (Fsp3) is 0.500. The Kier molecular flexibility index (Phi) is 8.41. The molecule has 0 aliphatic carbocycles. The summed E-state index contributed by atoms with van der Waals surface area (Å²) in [6, 6.07) is 8.05. The van der Waals surface area contributed by atoms with Crippen molar-refractivity contribution in [2.45, 2.75) is 13.3 Å². The summed E-state index contributed by atoms with van der Waals surface area (Å²) in [5.41, 5.74) is 1.24. The summed E-state index contributed by atoms with van der Waals surface area (Å²) in [6.07, 6.45) is 3.24. The van der Waals surface area contributed by atoms with Crippen molar-refractivity contribution >= 4 is 29.1 Å². The van der Waals surface area contributed by atoms with Gasteiger partial charge in [-0.25, -0.2) is 0 Å². The summed E-state index contributed by atoms with van der Waals surface area (Å²) in [4.78, 5) is 0. The Morgan fingerprint density at radius 2 is 1.89 bits per heavy atom. The van der Waals surface area contributed by atoms with Gasteiger partial charge in [-0.3, -0.25) is 0 Å². The molecule has 0 fully saturated rings. The van der Waals surface area contributed by atoms with Crippen LogP contribution < -0.4 is 15.4 Å². The molecule has 2 N–H and O–H groups in total. The Balaban J connectivity index is 2.03. The number of nitrogens with one attached hydrogen (secondary N) is 2. The van der Waals surface area contributed by atoms with Crippen molar-refractivity contribution in [3.05, 3.63) is 29.8 Å². The molecule has 0 amide bonds. The number of aryl methyl sites for hydroxylation is 1. The maximum Gasteiger partial charge on any atom is 0.166 e. The van der Waals surface area contributed by atoms with Crippen molar-refractivity contribution in [3.8, 4) is 5.75 Å². The lowest BCUT2D eigenvalue weighted by atomic mass is 10.2. The van der Waals surface area contributed by atoms with Crippen LogP contribution in [0.3, 0.4) is 0 Å². The van der Waals surface area contributed by atoms with E-state index in [1.165, 1.54) is 5.56 Å². The molecule has 0 aromatic heterocycles. The van der Waals surface area contributed by atoms with Gasteiger partial charge in [-0.15, -0.1) is 0 Å². The number of rotatable bonds is 8. The third-order valence-corrected chi connectivity index (χ3v) is 3.47. The maximum atomic E-state index is 5.60. The Morgan fingerprint density at radius 3 is 2.58 bits per heavy atom. The second kappa shape index (κ2) is 9.92. The lowest BCUT2D eigenvalue weighted by molar-refractivity contribution is 0.322. The highest BCUT2D eigenvalue weighted by Gasteiger charge is 1.96. The van der Waals surface area contributed by atoms with Gasteiger partial charge in [0.05, 0.1) is 6.54 Å². The molecular weight excluding hydrogens is 276 g/mol. The predicted molar refractivity (Wildman–Crippen MR) is 88.3 cm³/mol. The van der Waals surface area contributed by atoms with Crippen LogP contribution in [0.1, 0.15) is 12.0 Å². The van der Waals surface area contributed by atoms with Crippen molar-refractivity contribution < 1.29 is 4.74 Å². The van der Waals surface area contributed by atoms with E-state index < -0.39 is 0 Å². The summed E-state index contributed by atoms with van der Waals surface area (Å²) in [5, 5.41) is 7.01. The van der Waals surface area contributed by atoms with E-state index in [0.717, 1.165) is 24.5 Å². The molecular formula is C14H22N2OS2. The van der Waals surface area contributed by atoms with E-state index in [0.29, 0.717) is 18.3 Å². The predicted octanol–water partition coefficient (Wildman–Crippen LogP) is 2.59. The van der Waals surface area contributed by atoms with E-state index in [2.05, 4.69) is 23.8 Å². The third-order valence-electron chi connectivity index (χ3n) is 2.49. The Labute approximate surface area is 125 Å². The minimum absolute atomic E-state index is 0.607. The fourth-order valence-electron chi connectivity index (χ4n) is 1.45. The highest BCUT2D eigenvalue weighted by atomic mass is 32.2. The standard InChI is InChI=1S/C14H22N2OS2/c1-12-4-6-13(7-5-12)17-10-9-16-14(18)15-8-3-11-19-2/h4-7H,3,8-11H2,1-2H3,(H2,15,16,18). The maximum absolute atomic E-state index is 5.60. The molecule has 0 saturated heterocycles. The number of thioether (sulfide) groups is 1. The largest absolute Gasteiger partial charge is 0.492 e. The van der Waals surface area contributed by atoms with Crippen LogP contribution in [0, 0.1) is 6.92 Å². The molecule has 3 nitrogen and oxygen atoms in total. The average molecular weight is 298 g/mol. The molecule has 0 aliphatic rings. The number of hydrogen-bond donors (Lipinski definition) is 2. The number of benzene rings is 1. The minimum atomic E-state index is 0.607. The van der Waals surface area contributed by atoms with Gasteiger partial charge in [0.2, 0.25) is 0 Å². The molecule has 0 saturated carbocycles. The van der Waals surface area contributed by atoms with E-state index in [1.54, 1.807) is 0 Å². The summed E-state index contributed by atoms with van der Waals surface area (Å²) in [7, 11) is 0. The highest BCUT2D eigenvalue weighted by molar-refractivity contribution is 7.98. The third kappa shape index (κ3) is 7.95. The van der Waals surface area contributed by atoms with Gasteiger partial charge in [-0.2, -0.15) is 11.8 Å². The lowest BCUT2D eigenvalue weighted by Gasteiger charge is -2.11. The second-order valence-electron chi connectivity index (χ2n) is 4.19. The molecule has 5 heteroatoms. The Hall–Kier alpha value is -0.940. The average Bonchev–Trinajstić information content (AvgIpc) is 2.42. The summed E-state index contributed by atoms with van der Waals surface area (Å²) >= 11 is 7.02. The molecule has 0 spiro atoms. The zero-order valence-corrected chi connectivity index (χ0v) is 13.2. The first-order chi connectivity index (χ1) is 9.22. The van der Waals surface area contributed by atoms with Gasteiger partial charge in [0.25, 0.3) is 0 Å². The van der Waals surface area contributed by atoms with Crippen LogP contribution in [0.5, 0.6) is 5.75 Å². The number of hydrogen-bond acceptors (Lipinski definition) is 3. The second-order valence-corrected chi connectivity index (χ2v) is 5.58. The first-order valence-electron chi connectivity index (χ1n) is 6.42. The summed E-state index contributed by atoms with van der Waals surface area (Å²) in [5.74, 6) is 2.05. The van der Waals surface area contributed by atoms with Gasteiger partial charge in [-0.1, -0.05) is 17.7 Å². The summed E-state index contributed by atoms with van der Waals surface area (Å²) < 4.78 is 5.60. The van der Waals surface area contributed by atoms with Gasteiger partial charge in [0.15, 0.2) is 5.11 Å². The lowest BCUT2D eigenvalue weighted by Crippen LogP contribution is -2.38. The van der Waals surface area contributed by atoms with Crippen molar-refractivity contribution in [2.24, 2.45) is 0 Å². The van der Waals surface area contributed by atoms with Crippen molar-refractivity contribution in [3.63, 3.8) is 0 Å². The zero-order chi connectivity index (χ0) is 13.9. The SMILES string of the molecule is CSCCCNC(=S)NCCOc1ccc(C)cc1. The van der Waals surface area contributed by atoms with Gasteiger partial charge < -0.3 is 15.4 Å². The van der Waals surface area contributed by atoms with E-state index in [4.69, 9.17) is 17.0 Å². The molecule has 0 heterocycles. The van der Waals surface area contributed by atoms with Crippen LogP contribution in [0.25, 0.3) is 0 Å². The first kappa shape index (κ1) is 16.1. The van der Waals surface area contributed by atoms with Crippen LogP contribution >= 0.6 is 24.0 Å². The summed E-state index contributed by atoms with van der Waals surface area (Å²) in [6.45, 7) is 4.30. The van der Waals surface area contributed by atoms with E-state index >= 15 is 0 Å². The highest BCUT2D eigenvalue weighted by Crippen LogP contribution is 2.10. The molecule has 0 unspecified atom stereocenters.